The normalized spacial score (nSPS) is 18.0. The van der Waals surface area contributed by atoms with Crippen molar-refractivity contribution in [2.75, 3.05) is 19.6 Å². The van der Waals surface area contributed by atoms with Crippen LogP contribution in [0.25, 0.3) is 0 Å². The number of H-pyrrole nitrogens is 1. The fraction of sp³-hybridized carbons (Fsp3) is 0.667. The predicted octanol–water partition coefficient (Wildman–Crippen LogP) is 0.000900. The average Bonchev–Trinajstić information content (AvgIpc) is 2.90. The first kappa shape index (κ1) is 16.3. The standard InChI is InChI=1S/C12H21N5O2S2/c1-2-11-14-7-12(15-11)21(18,19)16-9-3-5-17(6-4-9)8-10(13)20/h7,9,16H,2-6,8H2,1H3,(H2,13,20)(H,14,15). The summed E-state index contributed by atoms with van der Waals surface area (Å²) in [5, 5.41) is 0.130. The van der Waals surface area contributed by atoms with Gasteiger partial charge in [0.25, 0.3) is 10.0 Å². The molecule has 0 amide bonds. The number of nitrogens with one attached hydrogen (secondary N) is 2. The van der Waals surface area contributed by atoms with Crippen molar-refractivity contribution < 1.29 is 8.42 Å². The summed E-state index contributed by atoms with van der Waals surface area (Å²) >= 11 is 4.88. The maximum absolute atomic E-state index is 12.3. The second kappa shape index (κ2) is 6.82. The first-order valence-electron chi connectivity index (χ1n) is 6.97. The van der Waals surface area contributed by atoms with E-state index in [1.165, 1.54) is 6.20 Å². The van der Waals surface area contributed by atoms with Crippen LogP contribution < -0.4 is 10.5 Å². The third-order valence-electron chi connectivity index (χ3n) is 3.52. The van der Waals surface area contributed by atoms with Gasteiger partial charge in [-0.3, -0.25) is 4.90 Å². The Labute approximate surface area is 130 Å². The number of nitrogens with two attached hydrogens (primary N) is 1. The Morgan fingerprint density at radius 3 is 2.76 bits per heavy atom. The number of aryl methyl sites for hydroxylation is 1. The Morgan fingerprint density at radius 2 is 2.24 bits per heavy atom. The van der Waals surface area contributed by atoms with Gasteiger partial charge in [0.15, 0.2) is 5.03 Å². The SMILES string of the molecule is CCc1ncc(S(=O)(=O)NC2CCN(CC(N)=S)CC2)[nH]1. The average molecular weight is 331 g/mol. The van der Waals surface area contributed by atoms with Gasteiger partial charge < -0.3 is 10.7 Å². The van der Waals surface area contributed by atoms with Gasteiger partial charge in [0, 0.05) is 32.1 Å². The molecule has 118 valence electrons. The molecule has 0 atom stereocenters. The van der Waals surface area contributed by atoms with E-state index in [1.54, 1.807) is 0 Å². The Morgan fingerprint density at radius 1 is 1.57 bits per heavy atom. The molecule has 1 aliphatic rings. The van der Waals surface area contributed by atoms with Gasteiger partial charge in [-0.25, -0.2) is 18.1 Å². The molecule has 1 saturated heterocycles. The Balaban J connectivity index is 1.91. The predicted molar refractivity (Wildman–Crippen MR) is 84.5 cm³/mol. The Bertz CT molecular complexity index is 591. The summed E-state index contributed by atoms with van der Waals surface area (Å²) in [4.78, 5) is 9.46. The number of likely N-dealkylation sites (tertiary alicyclic amines) is 1. The number of hydrogen-bond acceptors (Lipinski definition) is 5. The third kappa shape index (κ3) is 4.47. The van der Waals surface area contributed by atoms with Gasteiger partial charge in [-0.05, 0) is 12.8 Å². The minimum Gasteiger partial charge on any atom is -0.392 e. The lowest BCUT2D eigenvalue weighted by Gasteiger charge is -2.31. The van der Waals surface area contributed by atoms with Crippen LogP contribution in [0.15, 0.2) is 11.2 Å². The van der Waals surface area contributed by atoms with Crippen LogP contribution in [0.2, 0.25) is 0 Å². The van der Waals surface area contributed by atoms with Crippen LogP contribution >= 0.6 is 12.2 Å². The summed E-state index contributed by atoms with van der Waals surface area (Å²) in [5.41, 5.74) is 5.52. The first-order valence-corrected chi connectivity index (χ1v) is 8.86. The highest BCUT2D eigenvalue weighted by atomic mass is 32.2. The number of hydrogen-bond donors (Lipinski definition) is 3. The topological polar surface area (TPSA) is 104 Å². The summed E-state index contributed by atoms with van der Waals surface area (Å²) in [5.74, 6) is 0.668. The van der Waals surface area contributed by atoms with E-state index >= 15 is 0 Å². The molecule has 1 aromatic rings. The summed E-state index contributed by atoms with van der Waals surface area (Å²) in [6.07, 6.45) is 3.53. The lowest BCUT2D eigenvalue weighted by atomic mass is 10.1. The van der Waals surface area contributed by atoms with Crippen molar-refractivity contribution in [2.45, 2.75) is 37.3 Å². The summed E-state index contributed by atoms with van der Waals surface area (Å²) in [6, 6.07) is -0.0639. The van der Waals surface area contributed by atoms with Crippen molar-refractivity contribution in [1.29, 1.82) is 0 Å². The van der Waals surface area contributed by atoms with Crippen LogP contribution in [0.1, 0.15) is 25.6 Å². The van der Waals surface area contributed by atoms with Crippen LogP contribution in [0.3, 0.4) is 0 Å². The van der Waals surface area contributed by atoms with Crippen molar-refractivity contribution in [3.05, 3.63) is 12.0 Å². The molecule has 1 aromatic heterocycles. The lowest BCUT2D eigenvalue weighted by molar-refractivity contribution is 0.232. The highest BCUT2D eigenvalue weighted by molar-refractivity contribution is 7.89. The van der Waals surface area contributed by atoms with Crippen molar-refractivity contribution in [3.8, 4) is 0 Å². The lowest BCUT2D eigenvalue weighted by Crippen LogP contribution is -2.46. The molecule has 7 nitrogen and oxygen atoms in total. The van der Waals surface area contributed by atoms with Crippen LogP contribution in [0.4, 0.5) is 0 Å². The van der Waals surface area contributed by atoms with Crippen molar-refractivity contribution in [1.82, 2.24) is 19.6 Å². The molecular weight excluding hydrogens is 310 g/mol. The van der Waals surface area contributed by atoms with E-state index in [4.69, 9.17) is 18.0 Å². The van der Waals surface area contributed by atoms with E-state index in [1.807, 2.05) is 6.92 Å². The number of sulfonamides is 1. The van der Waals surface area contributed by atoms with E-state index in [-0.39, 0.29) is 11.1 Å². The quantitative estimate of drug-likeness (QED) is 0.634. The molecule has 2 heterocycles. The van der Waals surface area contributed by atoms with Crippen molar-refractivity contribution in [3.63, 3.8) is 0 Å². The van der Waals surface area contributed by atoms with Gasteiger partial charge in [-0.15, -0.1) is 0 Å². The zero-order chi connectivity index (χ0) is 15.5. The minimum atomic E-state index is -3.53. The maximum atomic E-state index is 12.3. The van der Waals surface area contributed by atoms with Gasteiger partial charge in [0.05, 0.1) is 11.2 Å². The summed E-state index contributed by atoms with van der Waals surface area (Å²) < 4.78 is 27.2. The number of thiocarbonyl (C=S) groups is 1. The molecule has 2 rings (SSSR count). The molecule has 0 saturated carbocycles. The van der Waals surface area contributed by atoms with Crippen molar-refractivity contribution >= 4 is 27.2 Å². The van der Waals surface area contributed by atoms with E-state index in [2.05, 4.69) is 19.6 Å². The van der Waals surface area contributed by atoms with Gasteiger partial charge >= 0.3 is 0 Å². The molecule has 9 heteroatoms. The molecule has 1 fully saturated rings. The van der Waals surface area contributed by atoms with Gasteiger partial charge in [0.2, 0.25) is 0 Å². The van der Waals surface area contributed by atoms with E-state index in [9.17, 15) is 8.42 Å². The first-order chi connectivity index (χ1) is 9.90. The molecule has 0 spiro atoms. The second-order valence-corrected chi connectivity index (χ2v) is 7.39. The number of nitrogens with zero attached hydrogens (tertiary/aromatic N) is 2. The number of piperidine rings is 1. The van der Waals surface area contributed by atoms with Crippen molar-refractivity contribution in [2.24, 2.45) is 5.73 Å². The Kier molecular flexibility index (Phi) is 5.31. The van der Waals surface area contributed by atoms with Gasteiger partial charge in [-0.1, -0.05) is 19.1 Å². The molecule has 21 heavy (non-hydrogen) atoms. The fourth-order valence-corrected chi connectivity index (χ4v) is 3.80. The van der Waals surface area contributed by atoms with Crippen LogP contribution in [-0.2, 0) is 16.4 Å². The third-order valence-corrected chi connectivity index (χ3v) is 5.08. The maximum Gasteiger partial charge on any atom is 0.257 e. The highest BCUT2D eigenvalue weighted by Gasteiger charge is 2.25. The molecule has 0 unspecified atom stereocenters. The molecule has 4 N–H and O–H groups in total. The summed E-state index contributed by atoms with van der Waals surface area (Å²) in [6.45, 7) is 4.08. The molecular formula is C12H21N5O2S2. The largest absolute Gasteiger partial charge is 0.392 e. The second-order valence-electron chi connectivity index (χ2n) is 5.19. The van der Waals surface area contributed by atoms with E-state index in [0.717, 1.165) is 25.9 Å². The number of aromatic nitrogens is 2. The Hall–Kier alpha value is -1.03. The highest BCUT2D eigenvalue weighted by Crippen LogP contribution is 2.14. The van der Waals surface area contributed by atoms with Crippen LogP contribution in [-0.4, -0.2) is 54.0 Å². The molecule has 0 radical (unpaired) electrons. The monoisotopic (exact) mass is 331 g/mol. The fourth-order valence-electron chi connectivity index (χ4n) is 2.37. The summed E-state index contributed by atoms with van der Waals surface area (Å²) in [7, 11) is -3.53. The smallest absolute Gasteiger partial charge is 0.257 e. The zero-order valence-electron chi connectivity index (χ0n) is 12.0. The van der Waals surface area contributed by atoms with Crippen LogP contribution in [0.5, 0.6) is 0 Å². The number of imidazole rings is 1. The molecule has 1 aliphatic heterocycles. The molecule has 0 aliphatic carbocycles. The van der Waals surface area contributed by atoms with Crippen LogP contribution in [0, 0.1) is 0 Å². The van der Waals surface area contributed by atoms with E-state index < -0.39 is 10.0 Å². The number of aromatic amines is 1. The number of rotatable bonds is 6. The minimum absolute atomic E-state index is 0.0639. The molecule has 0 aromatic carbocycles. The zero-order valence-corrected chi connectivity index (χ0v) is 13.6. The molecule has 0 bridgehead atoms. The van der Waals surface area contributed by atoms with Gasteiger partial charge in [-0.2, -0.15) is 0 Å². The van der Waals surface area contributed by atoms with Gasteiger partial charge in [0.1, 0.15) is 5.82 Å². The van der Waals surface area contributed by atoms with E-state index in [0.29, 0.717) is 23.8 Å².